The second kappa shape index (κ2) is 5.41. The molecular formula is C9H15N5O3. The number of carbonyl (C=O) groups excluding carboxylic acids is 1. The molecule has 0 aromatic carbocycles. The van der Waals surface area contributed by atoms with Crippen molar-refractivity contribution in [3.05, 3.63) is 12.5 Å². The van der Waals surface area contributed by atoms with Gasteiger partial charge in [0.15, 0.2) is 0 Å². The molecule has 8 nitrogen and oxygen atoms in total. The van der Waals surface area contributed by atoms with E-state index in [1.54, 1.807) is 0 Å². The molecule has 0 saturated heterocycles. The predicted octanol–water partition coefficient (Wildman–Crippen LogP) is -1.50. The Hall–Kier alpha value is -1.93. The van der Waals surface area contributed by atoms with E-state index in [0.717, 1.165) is 0 Å². The van der Waals surface area contributed by atoms with E-state index in [0.29, 0.717) is 5.82 Å². The van der Waals surface area contributed by atoms with Gasteiger partial charge in [-0.1, -0.05) is 0 Å². The highest BCUT2D eigenvalue weighted by atomic mass is 16.4. The van der Waals surface area contributed by atoms with Crippen LogP contribution in [0.3, 0.4) is 0 Å². The van der Waals surface area contributed by atoms with Gasteiger partial charge in [0.05, 0.1) is 25.1 Å². The second-order valence-corrected chi connectivity index (χ2v) is 3.62. The molecule has 94 valence electrons. The quantitative estimate of drug-likeness (QED) is 0.495. The molecule has 1 heterocycles. The number of nitrogens with two attached hydrogens (primary N) is 2. The number of anilines is 1. The van der Waals surface area contributed by atoms with Crippen LogP contribution in [-0.2, 0) is 9.59 Å². The van der Waals surface area contributed by atoms with E-state index < -0.39 is 24.0 Å². The summed E-state index contributed by atoms with van der Waals surface area (Å²) >= 11 is 0. The van der Waals surface area contributed by atoms with Gasteiger partial charge in [-0.25, -0.2) is 4.98 Å². The maximum Gasteiger partial charge on any atom is 0.322 e. The first kappa shape index (κ1) is 13.1. The number of carbonyl (C=O) groups is 2. The topological polar surface area (TPSA) is 138 Å². The molecule has 8 heteroatoms. The third-order valence-electron chi connectivity index (χ3n) is 2.13. The third-order valence-corrected chi connectivity index (χ3v) is 2.13. The van der Waals surface area contributed by atoms with Gasteiger partial charge < -0.3 is 21.6 Å². The zero-order valence-corrected chi connectivity index (χ0v) is 9.33. The number of nitrogens with zero attached hydrogens (tertiary/aromatic N) is 2. The van der Waals surface area contributed by atoms with Crippen molar-refractivity contribution in [1.29, 1.82) is 0 Å². The SMILES string of the molecule is C[C@H](N)C(=O)N(C[C@H](N)C(=O)O)c1cnc[nH]1. The first-order valence-corrected chi connectivity index (χ1v) is 4.97. The lowest BCUT2D eigenvalue weighted by atomic mass is 10.2. The van der Waals surface area contributed by atoms with Gasteiger partial charge >= 0.3 is 5.97 Å². The number of hydrogen-bond acceptors (Lipinski definition) is 5. The van der Waals surface area contributed by atoms with Gasteiger partial charge in [-0.3, -0.25) is 14.5 Å². The van der Waals surface area contributed by atoms with Crippen molar-refractivity contribution in [3.63, 3.8) is 0 Å². The Morgan fingerprint density at radius 1 is 1.59 bits per heavy atom. The summed E-state index contributed by atoms with van der Waals surface area (Å²) in [5.74, 6) is -1.25. The summed E-state index contributed by atoms with van der Waals surface area (Å²) in [7, 11) is 0. The van der Waals surface area contributed by atoms with Crippen LogP contribution in [0.2, 0.25) is 0 Å². The van der Waals surface area contributed by atoms with Crippen LogP contribution < -0.4 is 16.4 Å². The molecule has 1 rings (SSSR count). The molecular weight excluding hydrogens is 226 g/mol. The molecule has 6 N–H and O–H groups in total. The van der Waals surface area contributed by atoms with Crippen LogP contribution in [0.1, 0.15) is 6.92 Å². The number of carboxylic acids is 1. The van der Waals surface area contributed by atoms with E-state index in [1.165, 1.54) is 24.3 Å². The van der Waals surface area contributed by atoms with Crippen molar-refractivity contribution in [2.75, 3.05) is 11.4 Å². The minimum Gasteiger partial charge on any atom is -0.480 e. The predicted molar refractivity (Wildman–Crippen MR) is 60.2 cm³/mol. The van der Waals surface area contributed by atoms with Crippen LogP contribution in [0.4, 0.5) is 5.82 Å². The summed E-state index contributed by atoms with van der Waals surface area (Å²) in [6.45, 7) is 1.34. The Morgan fingerprint density at radius 3 is 2.65 bits per heavy atom. The highest BCUT2D eigenvalue weighted by molar-refractivity contribution is 5.96. The van der Waals surface area contributed by atoms with Gasteiger partial charge in [0.25, 0.3) is 0 Å². The number of carboxylic acid groups (broad SMARTS) is 1. The van der Waals surface area contributed by atoms with Crippen LogP contribution >= 0.6 is 0 Å². The fourth-order valence-electron chi connectivity index (χ4n) is 1.22. The molecule has 0 aliphatic carbocycles. The molecule has 0 radical (unpaired) electrons. The number of aromatic nitrogens is 2. The van der Waals surface area contributed by atoms with Crippen molar-refractivity contribution < 1.29 is 14.7 Å². The molecule has 0 spiro atoms. The van der Waals surface area contributed by atoms with Crippen molar-refractivity contribution in [3.8, 4) is 0 Å². The number of imidazole rings is 1. The van der Waals surface area contributed by atoms with Gasteiger partial charge in [0.1, 0.15) is 11.9 Å². The number of aliphatic carboxylic acids is 1. The second-order valence-electron chi connectivity index (χ2n) is 3.62. The molecule has 0 bridgehead atoms. The summed E-state index contributed by atoms with van der Waals surface area (Å²) in [5.41, 5.74) is 10.9. The van der Waals surface area contributed by atoms with Gasteiger partial charge in [-0.15, -0.1) is 0 Å². The lowest BCUT2D eigenvalue weighted by molar-refractivity contribution is -0.138. The highest BCUT2D eigenvalue weighted by Gasteiger charge is 2.25. The number of nitrogens with one attached hydrogen (secondary N) is 1. The van der Waals surface area contributed by atoms with Crippen LogP contribution in [-0.4, -0.2) is 45.6 Å². The van der Waals surface area contributed by atoms with Crippen LogP contribution in [0, 0.1) is 0 Å². The Morgan fingerprint density at radius 2 is 2.24 bits per heavy atom. The Balaban J connectivity index is 2.88. The molecule has 0 unspecified atom stereocenters. The molecule has 17 heavy (non-hydrogen) atoms. The fourth-order valence-corrected chi connectivity index (χ4v) is 1.22. The summed E-state index contributed by atoms with van der Waals surface area (Å²) in [4.78, 5) is 30.1. The van der Waals surface area contributed by atoms with Crippen molar-refractivity contribution >= 4 is 17.7 Å². The first-order valence-electron chi connectivity index (χ1n) is 4.97. The van der Waals surface area contributed by atoms with E-state index >= 15 is 0 Å². The summed E-state index contributed by atoms with van der Waals surface area (Å²) in [6, 6.07) is -1.93. The number of aromatic amines is 1. The molecule has 1 aromatic heterocycles. The zero-order valence-electron chi connectivity index (χ0n) is 9.33. The van der Waals surface area contributed by atoms with Crippen LogP contribution in [0.15, 0.2) is 12.5 Å². The smallest absolute Gasteiger partial charge is 0.322 e. The summed E-state index contributed by atoms with van der Waals surface area (Å²) in [5, 5.41) is 8.73. The Bertz CT molecular complexity index is 389. The number of hydrogen-bond donors (Lipinski definition) is 4. The van der Waals surface area contributed by atoms with Gasteiger partial charge in [0, 0.05) is 0 Å². The van der Waals surface area contributed by atoms with Crippen molar-refractivity contribution in [2.45, 2.75) is 19.0 Å². The van der Waals surface area contributed by atoms with Crippen LogP contribution in [0.25, 0.3) is 0 Å². The number of amides is 1. The van der Waals surface area contributed by atoms with E-state index in [1.807, 2.05) is 0 Å². The van der Waals surface area contributed by atoms with Gasteiger partial charge in [-0.05, 0) is 6.92 Å². The lowest BCUT2D eigenvalue weighted by Crippen LogP contribution is -2.50. The van der Waals surface area contributed by atoms with E-state index in [2.05, 4.69) is 9.97 Å². The molecule has 0 fully saturated rings. The monoisotopic (exact) mass is 241 g/mol. The number of H-pyrrole nitrogens is 1. The molecule has 2 atom stereocenters. The Labute approximate surface area is 97.6 Å². The van der Waals surface area contributed by atoms with Gasteiger partial charge in [0.2, 0.25) is 5.91 Å². The average Bonchev–Trinajstić information content (AvgIpc) is 2.77. The average molecular weight is 241 g/mol. The maximum absolute atomic E-state index is 11.8. The largest absolute Gasteiger partial charge is 0.480 e. The fraction of sp³-hybridized carbons (Fsp3) is 0.444. The minimum atomic E-state index is -1.19. The molecule has 0 saturated carbocycles. The highest BCUT2D eigenvalue weighted by Crippen LogP contribution is 2.10. The van der Waals surface area contributed by atoms with Crippen LogP contribution in [0.5, 0.6) is 0 Å². The number of rotatable bonds is 5. The molecule has 1 aromatic rings. The first-order chi connectivity index (χ1) is 7.93. The Kier molecular flexibility index (Phi) is 4.18. The zero-order chi connectivity index (χ0) is 13.0. The summed E-state index contributed by atoms with van der Waals surface area (Å²) < 4.78 is 0. The molecule has 0 aliphatic rings. The van der Waals surface area contributed by atoms with Crippen molar-refractivity contribution in [1.82, 2.24) is 9.97 Å². The molecule has 0 aliphatic heterocycles. The maximum atomic E-state index is 11.8. The minimum absolute atomic E-state index is 0.169. The van der Waals surface area contributed by atoms with E-state index in [4.69, 9.17) is 16.6 Å². The lowest BCUT2D eigenvalue weighted by Gasteiger charge is -2.24. The van der Waals surface area contributed by atoms with E-state index in [-0.39, 0.29) is 6.54 Å². The van der Waals surface area contributed by atoms with E-state index in [9.17, 15) is 9.59 Å². The van der Waals surface area contributed by atoms with Gasteiger partial charge in [-0.2, -0.15) is 0 Å². The third kappa shape index (κ3) is 3.26. The molecule has 1 amide bonds. The standard InChI is InChI=1S/C9H15N5O3/c1-5(10)8(15)14(3-6(11)9(16)17)7-2-12-4-13-7/h2,4-6H,3,10-11H2,1H3,(H,12,13)(H,16,17)/t5-,6-/m0/s1. The summed E-state index contributed by atoms with van der Waals surface area (Å²) in [6.07, 6.45) is 2.78. The normalized spacial score (nSPS) is 14.1. The van der Waals surface area contributed by atoms with Crippen molar-refractivity contribution in [2.24, 2.45) is 11.5 Å².